The third kappa shape index (κ3) is 4.36. The number of nitrogens with two attached hydrogens (primary N) is 1. The van der Waals surface area contributed by atoms with Gasteiger partial charge in [0.05, 0.1) is 6.54 Å². The first-order valence-electron chi connectivity index (χ1n) is 4.66. The van der Waals surface area contributed by atoms with E-state index in [-0.39, 0.29) is 17.9 Å². The average Bonchev–Trinajstić information content (AvgIpc) is 2.46. The summed E-state index contributed by atoms with van der Waals surface area (Å²) in [7, 11) is 0. The third-order valence-electron chi connectivity index (χ3n) is 1.99. The fraction of sp³-hybridized carbons (Fsp3) is 0.500. The first-order chi connectivity index (χ1) is 6.89. The molecule has 1 aromatic rings. The average molecular weight is 231 g/mol. The van der Waals surface area contributed by atoms with Crippen LogP contribution in [-0.2, 0) is 11.3 Å². The van der Waals surface area contributed by atoms with Gasteiger partial charge >= 0.3 is 0 Å². The number of carbonyl (C=O) groups excluding carboxylic acids is 1. The Morgan fingerprint density at radius 1 is 1.60 bits per heavy atom. The Morgan fingerprint density at radius 3 is 2.73 bits per heavy atom. The maximum atomic E-state index is 10.8. The van der Waals surface area contributed by atoms with E-state index in [2.05, 4.69) is 5.32 Å². The molecule has 1 heterocycles. The predicted molar refractivity (Wildman–Crippen MR) is 58.4 cm³/mol. The van der Waals surface area contributed by atoms with E-state index in [4.69, 9.17) is 21.8 Å². The fourth-order valence-electron chi connectivity index (χ4n) is 1.27. The largest absolute Gasteiger partial charge is 0.448 e. The van der Waals surface area contributed by atoms with Crippen LogP contribution >= 0.6 is 11.6 Å². The predicted octanol–water partition coefficient (Wildman–Crippen LogP) is 1.68. The van der Waals surface area contributed by atoms with Gasteiger partial charge in [0.15, 0.2) is 5.22 Å². The van der Waals surface area contributed by atoms with Gasteiger partial charge in [-0.15, -0.1) is 0 Å². The second-order valence-electron chi connectivity index (χ2n) is 4.09. The Bertz CT molecular complexity index is 347. The van der Waals surface area contributed by atoms with Crippen LogP contribution in [0, 0.1) is 0 Å². The molecule has 0 aliphatic carbocycles. The van der Waals surface area contributed by atoms with Crippen molar-refractivity contribution >= 4 is 17.5 Å². The Morgan fingerprint density at radius 2 is 2.27 bits per heavy atom. The second kappa shape index (κ2) is 4.68. The summed E-state index contributed by atoms with van der Waals surface area (Å²) in [4.78, 5) is 10.8. The van der Waals surface area contributed by atoms with Crippen molar-refractivity contribution in [2.45, 2.75) is 32.4 Å². The van der Waals surface area contributed by atoms with Crippen molar-refractivity contribution < 1.29 is 9.21 Å². The minimum absolute atomic E-state index is 0.279. The maximum Gasteiger partial charge on any atom is 0.219 e. The molecule has 0 aromatic carbocycles. The molecule has 1 rings (SSSR count). The Labute approximate surface area is 93.8 Å². The summed E-state index contributed by atoms with van der Waals surface area (Å²) in [6.07, 6.45) is 0.279. The highest BCUT2D eigenvalue weighted by Crippen LogP contribution is 2.15. The molecule has 0 saturated heterocycles. The van der Waals surface area contributed by atoms with E-state index in [1.807, 2.05) is 13.8 Å². The van der Waals surface area contributed by atoms with Crippen molar-refractivity contribution in [2.75, 3.05) is 0 Å². The topological polar surface area (TPSA) is 68.3 Å². The van der Waals surface area contributed by atoms with Crippen LogP contribution in [0.1, 0.15) is 26.0 Å². The van der Waals surface area contributed by atoms with E-state index >= 15 is 0 Å². The number of halogens is 1. The van der Waals surface area contributed by atoms with Crippen LogP contribution < -0.4 is 11.1 Å². The van der Waals surface area contributed by atoms with Gasteiger partial charge < -0.3 is 15.5 Å². The first kappa shape index (κ1) is 12.1. The molecule has 0 spiro atoms. The molecule has 0 aliphatic heterocycles. The smallest absolute Gasteiger partial charge is 0.219 e. The van der Waals surface area contributed by atoms with Gasteiger partial charge in [0, 0.05) is 12.0 Å². The number of furan rings is 1. The minimum atomic E-state index is -0.342. The highest BCUT2D eigenvalue weighted by atomic mass is 35.5. The molecule has 4 nitrogen and oxygen atoms in total. The van der Waals surface area contributed by atoms with Gasteiger partial charge in [-0.05, 0) is 37.6 Å². The first-order valence-corrected chi connectivity index (χ1v) is 5.04. The lowest BCUT2D eigenvalue weighted by Crippen LogP contribution is -2.42. The number of rotatable bonds is 5. The molecule has 15 heavy (non-hydrogen) atoms. The summed E-state index contributed by atoms with van der Waals surface area (Å²) in [5.74, 6) is 0.405. The summed E-state index contributed by atoms with van der Waals surface area (Å²) < 4.78 is 5.17. The summed E-state index contributed by atoms with van der Waals surface area (Å²) >= 11 is 5.63. The molecule has 0 aliphatic rings. The lowest BCUT2D eigenvalue weighted by atomic mass is 10.0. The normalized spacial score (nSPS) is 11.7. The van der Waals surface area contributed by atoms with E-state index in [1.165, 1.54) is 0 Å². The van der Waals surface area contributed by atoms with E-state index < -0.39 is 0 Å². The maximum absolute atomic E-state index is 10.8. The Balaban J connectivity index is 2.45. The molecule has 5 heteroatoms. The molecule has 0 bridgehead atoms. The van der Waals surface area contributed by atoms with Crippen LogP contribution in [0.25, 0.3) is 0 Å². The quantitative estimate of drug-likeness (QED) is 0.809. The molecule has 1 aromatic heterocycles. The molecular formula is C10H15ClN2O2. The van der Waals surface area contributed by atoms with Crippen LogP contribution in [-0.4, -0.2) is 11.4 Å². The summed E-state index contributed by atoms with van der Waals surface area (Å²) in [6, 6.07) is 3.47. The van der Waals surface area contributed by atoms with Gasteiger partial charge in [0.2, 0.25) is 5.91 Å². The number of hydrogen-bond acceptors (Lipinski definition) is 3. The van der Waals surface area contributed by atoms with E-state index in [0.717, 1.165) is 5.76 Å². The van der Waals surface area contributed by atoms with Gasteiger partial charge in [-0.3, -0.25) is 4.79 Å². The molecule has 1 amide bonds. The molecule has 0 fully saturated rings. The molecule has 0 unspecified atom stereocenters. The van der Waals surface area contributed by atoms with Gasteiger partial charge in [-0.1, -0.05) is 0 Å². The monoisotopic (exact) mass is 230 g/mol. The highest BCUT2D eigenvalue weighted by Gasteiger charge is 2.20. The molecular weight excluding hydrogens is 216 g/mol. The summed E-state index contributed by atoms with van der Waals surface area (Å²) in [6.45, 7) is 4.33. The number of primary amides is 1. The molecule has 0 radical (unpaired) electrons. The van der Waals surface area contributed by atoms with Gasteiger partial charge in [-0.25, -0.2) is 0 Å². The highest BCUT2D eigenvalue weighted by molar-refractivity contribution is 6.28. The molecule has 0 atom stereocenters. The fourth-order valence-corrected chi connectivity index (χ4v) is 1.43. The zero-order valence-corrected chi connectivity index (χ0v) is 9.60. The van der Waals surface area contributed by atoms with Gasteiger partial charge in [0.1, 0.15) is 5.76 Å². The van der Waals surface area contributed by atoms with Gasteiger partial charge in [-0.2, -0.15) is 0 Å². The minimum Gasteiger partial charge on any atom is -0.448 e. The zero-order valence-electron chi connectivity index (χ0n) is 8.84. The number of carbonyl (C=O) groups is 1. The van der Waals surface area contributed by atoms with E-state index in [9.17, 15) is 4.79 Å². The van der Waals surface area contributed by atoms with Crippen molar-refractivity contribution in [3.05, 3.63) is 23.1 Å². The van der Waals surface area contributed by atoms with Crippen LogP contribution in [0.3, 0.4) is 0 Å². The Hall–Kier alpha value is -1.00. The van der Waals surface area contributed by atoms with Crippen molar-refractivity contribution in [1.82, 2.24) is 5.32 Å². The SMILES string of the molecule is CC(C)(CC(N)=O)NCc1ccc(Cl)o1. The van der Waals surface area contributed by atoms with Crippen LogP contribution in [0.4, 0.5) is 0 Å². The van der Waals surface area contributed by atoms with Crippen LogP contribution in [0.5, 0.6) is 0 Å². The van der Waals surface area contributed by atoms with Crippen LogP contribution in [0.2, 0.25) is 5.22 Å². The van der Waals surface area contributed by atoms with Crippen molar-refractivity contribution in [2.24, 2.45) is 5.73 Å². The number of nitrogens with one attached hydrogen (secondary N) is 1. The lowest BCUT2D eigenvalue weighted by Gasteiger charge is -2.24. The Kier molecular flexibility index (Phi) is 3.77. The molecule has 3 N–H and O–H groups in total. The van der Waals surface area contributed by atoms with Crippen molar-refractivity contribution in [3.63, 3.8) is 0 Å². The third-order valence-corrected chi connectivity index (χ3v) is 2.19. The molecule has 0 saturated carbocycles. The second-order valence-corrected chi connectivity index (χ2v) is 4.46. The number of hydrogen-bond donors (Lipinski definition) is 2. The van der Waals surface area contributed by atoms with Crippen LogP contribution in [0.15, 0.2) is 16.5 Å². The van der Waals surface area contributed by atoms with E-state index in [1.54, 1.807) is 12.1 Å². The summed E-state index contributed by atoms with van der Waals surface area (Å²) in [5, 5.41) is 3.53. The summed E-state index contributed by atoms with van der Waals surface area (Å²) in [5.41, 5.74) is 4.79. The number of amides is 1. The standard InChI is InChI=1S/C10H15ClN2O2/c1-10(2,5-9(12)14)13-6-7-3-4-8(11)15-7/h3-4,13H,5-6H2,1-2H3,(H2,12,14). The van der Waals surface area contributed by atoms with E-state index in [0.29, 0.717) is 11.8 Å². The lowest BCUT2D eigenvalue weighted by molar-refractivity contribution is -0.119. The van der Waals surface area contributed by atoms with Gasteiger partial charge in [0.25, 0.3) is 0 Å². The van der Waals surface area contributed by atoms with Crippen molar-refractivity contribution in [3.8, 4) is 0 Å². The van der Waals surface area contributed by atoms with Crippen molar-refractivity contribution in [1.29, 1.82) is 0 Å². The molecule has 84 valence electrons. The zero-order chi connectivity index (χ0) is 11.5.